The van der Waals surface area contributed by atoms with Gasteiger partial charge in [-0.1, -0.05) is 18.2 Å². The molecule has 1 unspecified atom stereocenters. The number of quaternary nitrogens is 2. The lowest BCUT2D eigenvalue weighted by Gasteiger charge is -2.32. The largest absolute Gasteiger partial charge is 0.497 e. The van der Waals surface area contributed by atoms with Crippen LogP contribution in [0.3, 0.4) is 0 Å². The molecule has 1 fully saturated rings. The molecule has 0 aromatic heterocycles. The fourth-order valence-electron chi connectivity index (χ4n) is 3.92. The van der Waals surface area contributed by atoms with Crippen LogP contribution in [0, 0.1) is 5.82 Å². The zero-order valence-electron chi connectivity index (χ0n) is 18.0. The van der Waals surface area contributed by atoms with Gasteiger partial charge in [-0.05, 0) is 18.2 Å². The topological polar surface area (TPSA) is 47.7 Å². The van der Waals surface area contributed by atoms with Gasteiger partial charge in [-0.15, -0.1) is 0 Å². The number of likely N-dealkylation sites (N-methyl/N-ethyl adjacent to an activating group) is 1. The molecule has 0 bridgehead atoms. The molecule has 1 aliphatic heterocycles. The summed E-state index contributed by atoms with van der Waals surface area (Å²) in [6, 6.07) is 12.7. The van der Waals surface area contributed by atoms with Gasteiger partial charge in [-0.3, -0.25) is 4.79 Å². The molecule has 1 atom stereocenters. The predicted molar refractivity (Wildman–Crippen MR) is 112 cm³/mol. The van der Waals surface area contributed by atoms with E-state index in [-0.39, 0.29) is 11.7 Å². The van der Waals surface area contributed by atoms with E-state index in [0.717, 1.165) is 40.6 Å². The van der Waals surface area contributed by atoms with E-state index in [2.05, 4.69) is 0 Å². The minimum atomic E-state index is -0.150. The molecule has 30 heavy (non-hydrogen) atoms. The zero-order chi connectivity index (χ0) is 21.5. The van der Waals surface area contributed by atoms with Crippen molar-refractivity contribution >= 4 is 5.91 Å². The minimum absolute atomic E-state index is 0.150. The number of carbonyl (C=O) groups excluding carboxylic acids is 1. The van der Waals surface area contributed by atoms with Crippen LogP contribution in [0.25, 0.3) is 0 Å². The molecule has 162 valence electrons. The molecule has 1 amide bonds. The Labute approximate surface area is 177 Å². The first-order valence-corrected chi connectivity index (χ1v) is 10.4. The van der Waals surface area contributed by atoms with Crippen molar-refractivity contribution in [3.8, 4) is 11.5 Å². The average molecular weight is 418 g/mol. The number of ether oxygens (including phenoxy) is 2. The summed E-state index contributed by atoms with van der Waals surface area (Å²) in [5.74, 6) is 1.53. The Morgan fingerprint density at radius 2 is 1.83 bits per heavy atom. The van der Waals surface area contributed by atoms with Gasteiger partial charge < -0.3 is 24.2 Å². The second-order valence-electron chi connectivity index (χ2n) is 7.89. The van der Waals surface area contributed by atoms with Gasteiger partial charge in [0.25, 0.3) is 5.91 Å². The Hall–Kier alpha value is -2.64. The Morgan fingerprint density at radius 1 is 1.10 bits per heavy atom. The number of amides is 1. The number of nitrogens with one attached hydrogen (secondary N) is 2. The van der Waals surface area contributed by atoms with Crippen molar-refractivity contribution in [2.24, 2.45) is 0 Å². The Bertz CT molecular complexity index is 853. The molecule has 1 heterocycles. The maximum absolute atomic E-state index is 13.9. The Morgan fingerprint density at radius 3 is 2.50 bits per heavy atom. The predicted octanol–water partition coefficient (Wildman–Crippen LogP) is -0.215. The summed E-state index contributed by atoms with van der Waals surface area (Å²) in [7, 11) is 5.28. The number of rotatable bonds is 8. The number of benzene rings is 2. The summed E-state index contributed by atoms with van der Waals surface area (Å²) in [6.45, 7) is 4.88. The van der Waals surface area contributed by atoms with Crippen LogP contribution in [0.1, 0.15) is 11.1 Å². The third kappa shape index (κ3) is 5.70. The van der Waals surface area contributed by atoms with Gasteiger partial charge in [0.2, 0.25) is 0 Å². The number of hydrogen-bond donors (Lipinski definition) is 2. The number of carbonyl (C=O) groups is 1. The van der Waals surface area contributed by atoms with Crippen molar-refractivity contribution in [2.75, 3.05) is 54.0 Å². The van der Waals surface area contributed by atoms with Crippen LogP contribution >= 0.6 is 0 Å². The summed E-state index contributed by atoms with van der Waals surface area (Å²) in [5.41, 5.74) is 1.78. The van der Waals surface area contributed by atoms with Crippen molar-refractivity contribution in [2.45, 2.75) is 13.1 Å². The quantitative estimate of drug-likeness (QED) is 0.625. The van der Waals surface area contributed by atoms with Gasteiger partial charge in [0.05, 0.1) is 47.4 Å². The molecule has 1 aliphatic rings. The number of methoxy groups -OCH3 is 2. The van der Waals surface area contributed by atoms with Crippen LogP contribution in [0.4, 0.5) is 4.39 Å². The summed E-state index contributed by atoms with van der Waals surface area (Å²) < 4.78 is 24.6. The number of nitrogens with zero attached hydrogens (tertiary/aromatic N) is 1. The van der Waals surface area contributed by atoms with E-state index in [1.165, 1.54) is 11.0 Å². The van der Waals surface area contributed by atoms with Gasteiger partial charge in [0.1, 0.15) is 30.4 Å². The second kappa shape index (κ2) is 10.4. The van der Waals surface area contributed by atoms with E-state index in [4.69, 9.17) is 9.47 Å². The van der Waals surface area contributed by atoms with Crippen LogP contribution in [0.2, 0.25) is 0 Å². The maximum Gasteiger partial charge on any atom is 0.278 e. The van der Waals surface area contributed by atoms with Gasteiger partial charge in [0, 0.05) is 17.2 Å². The van der Waals surface area contributed by atoms with E-state index in [0.29, 0.717) is 32.7 Å². The first-order chi connectivity index (χ1) is 14.5. The summed E-state index contributed by atoms with van der Waals surface area (Å²) >= 11 is 0. The van der Waals surface area contributed by atoms with Gasteiger partial charge in [-0.25, -0.2) is 4.39 Å². The summed E-state index contributed by atoms with van der Waals surface area (Å²) in [5, 5.41) is 0. The van der Waals surface area contributed by atoms with Gasteiger partial charge in [-0.2, -0.15) is 0 Å². The molecular weight excluding hydrogens is 385 g/mol. The second-order valence-corrected chi connectivity index (χ2v) is 7.89. The van der Waals surface area contributed by atoms with Crippen LogP contribution in [-0.2, 0) is 17.9 Å². The highest BCUT2D eigenvalue weighted by atomic mass is 19.1. The zero-order valence-corrected chi connectivity index (χ0v) is 18.0. The normalized spacial score (nSPS) is 15.7. The standard InChI is InChI=1S/C23H30FN3O3/c1-25(15-19-8-9-20(29-2)14-22(19)30-3)17-23(28)27-12-10-26(11-13-27)16-18-6-4-5-7-21(18)24/h4-9,14H,10-13,15-17H2,1-3H3/p+2. The fraction of sp³-hybridized carbons (Fsp3) is 0.435. The van der Waals surface area contributed by atoms with E-state index in [9.17, 15) is 9.18 Å². The molecule has 0 aliphatic carbocycles. The number of halogens is 1. The van der Waals surface area contributed by atoms with E-state index >= 15 is 0 Å². The molecule has 0 saturated carbocycles. The van der Waals surface area contributed by atoms with E-state index in [1.54, 1.807) is 20.3 Å². The molecule has 0 spiro atoms. The van der Waals surface area contributed by atoms with Gasteiger partial charge >= 0.3 is 0 Å². The summed E-state index contributed by atoms with van der Waals surface area (Å²) in [6.07, 6.45) is 0. The minimum Gasteiger partial charge on any atom is -0.497 e. The van der Waals surface area contributed by atoms with Crippen LogP contribution < -0.4 is 19.3 Å². The Balaban J connectivity index is 1.48. The summed E-state index contributed by atoms with van der Waals surface area (Å²) in [4.78, 5) is 17.1. The monoisotopic (exact) mass is 417 g/mol. The van der Waals surface area contributed by atoms with Crippen molar-refractivity contribution < 1.29 is 28.5 Å². The third-order valence-corrected chi connectivity index (χ3v) is 5.66. The number of hydrogen-bond acceptors (Lipinski definition) is 3. The third-order valence-electron chi connectivity index (χ3n) is 5.66. The van der Waals surface area contributed by atoms with Crippen molar-refractivity contribution in [3.63, 3.8) is 0 Å². The SMILES string of the molecule is COc1ccc(C[NH+](C)CC(=O)N2CC[NH+](Cc3ccccc3F)CC2)c(OC)c1. The lowest BCUT2D eigenvalue weighted by Crippen LogP contribution is -3.14. The van der Waals surface area contributed by atoms with Gasteiger partial charge in [0.15, 0.2) is 6.54 Å². The first-order valence-electron chi connectivity index (χ1n) is 10.4. The molecule has 2 aromatic carbocycles. The molecule has 1 saturated heterocycles. The average Bonchev–Trinajstić information content (AvgIpc) is 2.76. The molecule has 6 nitrogen and oxygen atoms in total. The molecule has 0 radical (unpaired) electrons. The Kier molecular flexibility index (Phi) is 7.65. The first kappa shape index (κ1) is 22.1. The molecule has 2 aromatic rings. The highest BCUT2D eigenvalue weighted by Gasteiger charge is 2.26. The van der Waals surface area contributed by atoms with Crippen LogP contribution in [0.15, 0.2) is 42.5 Å². The van der Waals surface area contributed by atoms with E-state index in [1.807, 2.05) is 42.3 Å². The molecule has 2 N–H and O–H groups in total. The fourth-order valence-corrected chi connectivity index (χ4v) is 3.92. The van der Waals surface area contributed by atoms with Crippen LogP contribution in [0.5, 0.6) is 11.5 Å². The molecular formula is C23H32FN3O3+2. The molecule has 3 rings (SSSR count). The lowest BCUT2D eigenvalue weighted by molar-refractivity contribution is -0.918. The highest BCUT2D eigenvalue weighted by Crippen LogP contribution is 2.23. The highest BCUT2D eigenvalue weighted by molar-refractivity contribution is 5.77. The smallest absolute Gasteiger partial charge is 0.278 e. The van der Waals surface area contributed by atoms with Crippen molar-refractivity contribution in [1.82, 2.24) is 4.90 Å². The van der Waals surface area contributed by atoms with Crippen molar-refractivity contribution in [1.29, 1.82) is 0 Å². The van der Waals surface area contributed by atoms with Crippen molar-refractivity contribution in [3.05, 3.63) is 59.4 Å². The lowest BCUT2D eigenvalue weighted by atomic mass is 10.1. The van der Waals surface area contributed by atoms with E-state index < -0.39 is 0 Å². The van der Waals surface area contributed by atoms with Crippen LogP contribution in [-0.4, -0.2) is 64.8 Å². The number of piperazine rings is 1. The molecule has 7 heteroatoms. The maximum atomic E-state index is 13.9.